The molecule has 0 aliphatic carbocycles. The third kappa shape index (κ3) is 8.08. The Labute approximate surface area is 101 Å². The molecule has 3 nitrogen and oxygen atoms in total. The Kier molecular flexibility index (Phi) is 7.20. The molecule has 0 spiro atoms. The van der Waals surface area contributed by atoms with Crippen LogP contribution >= 0.6 is 0 Å². The van der Waals surface area contributed by atoms with Gasteiger partial charge in [-0.3, -0.25) is 0 Å². The first-order valence-corrected chi connectivity index (χ1v) is 6.20. The Bertz CT molecular complexity index is 179. The van der Waals surface area contributed by atoms with Gasteiger partial charge in [-0.25, -0.2) is 0 Å². The first-order chi connectivity index (χ1) is 7.33. The fourth-order valence-electron chi connectivity index (χ4n) is 1.56. The lowest BCUT2D eigenvalue weighted by atomic mass is 9.88. The van der Waals surface area contributed by atoms with Gasteiger partial charge in [0, 0.05) is 20.3 Å². The summed E-state index contributed by atoms with van der Waals surface area (Å²) in [4.78, 5) is 0. The summed E-state index contributed by atoms with van der Waals surface area (Å²) in [5, 5.41) is 12.3. The Hall–Kier alpha value is -0.120. The molecule has 0 radical (unpaired) electrons. The average molecular weight is 231 g/mol. The number of nitrogens with one attached hydrogen (secondary N) is 1. The number of hydrogen-bond acceptors (Lipinski definition) is 3. The fraction of sp³-hybridized carbons (Fsp3) is 1.00. The van der Waals surface area contributed by atoms with Gasteiger partial charge in [-0.2, -0.15) is 0 Å². The summed E-state index contributed by atoms with van der Waals surface area (Å²) in [6.45, 7) is 10.9. The van der Waals surface area contributed by atoms with Crippen molar-refractivity contribution in [1.82, 2.24) is 5.32 Å². The van der Waals surface area contributed by atoms with E-state index in [1.54, 1.807) is 7.11 Å². The number of aliphatic hydroxyl groups is 1. The van der Waals surface area contributed by atoms with Crippen LogP contribution in [0.5, 0.6) is 0 Å². The summed E-state index contributed by atoms with van der Waals surface area (Å²) in [5.74, 6) is 0. The van der Waals surface area contributed by atoms with Crippen molar-refractivity contribution in [3.05, 3.63) is 0 Å². The second-order valence-corrected chi connectivity index (χ2v) is 5.88. The van der Waals surface area contributed by atoms with Crippen molar-refractivity contribution in [3.8, 4) is 0 Å². The molecule has 2 N–H and O–H groups in total. The van der Waals surface area contributed by atoms with E-state index in [4.69, 9.17) is 9.84 Å². The highest BCUT2D eigenvalue weighted by molar-refractivity contribution is 4.74. The van der Waals surface area contributed by atoms with E-state index in [0.29, 0.717) is 6.61 Å². The molecule has 98 valence electrons. The Morgan fingerprint density at radius 3 is 2.25 bits per heavy atom. The number of ether oxygens (including phenoxy) is 1. The highest BCUT2D eigenvalue weighted by Crippen LogP contribution is 2.21. The monoisotopic (exact) mass is 231 g/mol. The molecule has 0 rings (SSSR count). The first kappa shape index (κ1) is 15.9. The van der Waals surface area contributed by atoms with Gasteiger partial charge in [-0.15, -0.1) is 0 Å². The van der Waals surface area contributed by atoms with Crippen molar-refractivity contribution in [1.29, 1.82) is 0 Å². The van der Waals surface area contributed by atoms with Gasteiger partial charge in [0.15, 0.2) is 0 Å². The molecule has 0 heterocycles. The van der Waals surface area contributed by atoms with Crippen LogP contribution < -0.4 is 5.32 Å². The SMILES string of the molecule is COC(C)(C)CCNCC(C)(C)CCCO. The summed E-state index contributed by atoms with van der Waals surface area (Å²) in [6.07, 6.45) is 2.96. The summed E-state index contributed by atoms with van der Waals surface area (Å²) < 4.78 is 5.36. The molecular formula is C13H29NO2. The minimum atomic E-state index is -0.0394. The summed E-state index contributed by atoms with van der Waals surface area (Å²) in [6, 6.07) is 0. The van der Waals surface area contributed by atoms with E-state index in [2.05, 4.69) is 33.0 Å². The van der Waals surface area contributed by atoms with E-state index in [1.165, 1.54) is 0 Å². The highest BCUT2D eigenvalue weighted by Gasteiger charge is 2.18. The second-order valence-electron chi connectivity index (χ2n) is 5.88. The molecule has 0 aromatic carbocycles. The van der Waals surface area contributed by atoms with Crippen LogP contribution in [0.25, 0.3) is 0 Å². The molecule has 0 amide bonds. The molecule has 16 heavy (non-hydrogen) atoms. The Morgan fingerprint density at radius 1 is 1.12 bits per heavy atom. The van der Waals surface area contributed by atoms with Crippen LogP contribution in [0, 0.1) is 5.41 Å². The normalized spacial score (nSPS) is 13.1. The van der Waals surface area contributed by atoms with Gasteiger partial charge in [0.1, 0.15) is 0 Å². The van der Waals surface area contributed by atoms with Crippen molar-refractivity contribution in [2.24, 2.45) is 5.41 Å². The van der Waals surface area contributed by atoms with Crippen LogP contribution in [0.2, 0.25) is 0 Å². The lowest BCUT2D eigenvalue weighted by Crippen LogP contribution is -2.34. The minimum absolute atomic E-state index is 0.0394. The lowest BCUT2D eigenvalue weighted by Gasteiger charge is -2.27. The molecule has 0 saturated heterocycles. The van der Waals surface area contributed by atoms with Crippen molar-refractivity contribution < 1.29 is 9.84 Å². The van der Waals surface area contributed by atoms with Gasteiger partial charge in [0.05, 0.1) is 5.60 Å². The molecule has 0 aliphatic heterocycles. The van der Waals surface area contributed by atoms with E-state index in [0.717, 1.165) is 32.4 Å². The van der Waals surface area contributed by atoms with Crippen LogP contribution in [0.1, 0.15) is 47.0 Å². The van der Waals surface area contributed by atoms with Gasteiger partial charge >= 0.3 is 0 Å². The first-order valence-electron chi connectivity index (χ1n) is 6.20. The lowest BCUT2D eigenvalue weighted by molar-refractivity contribution is 0.0154. The van der Waals surface area contributed by atoms with E-state index in [9.17, 15) is 0 Å². The summed E-state index contributed by atoms with van der Waals surface area (Å²) >= 11 is 0. The maximum atomic E-state index is 8.80. The van der Waals surface area contributed by atoms with E-state index in [1.807, 2.05) is 0 Å². The van der Waals surface area contributed by atoms with Crippen LogP contribution in [-0.4, -0.2) is 37.5 Å². The number of hydrogen-bond donors (Lipinski definition) is 2. The van der Waals surface area contributed by atoms with Gasteiger partial charge in [-0.05, 0) is 45.1 Å². The molecule has 0 unspecified atom stereocenters. The fourth-order valence-corrected chi connectivity index (χ4v) is 1.56. The second kappa shape index (κ2) is 7.25. The molecule has 0 aromatic heterocycles. The summed E-state index contributed by atoms with van der Waals surface area (Å²) in [7, 11) is 1.76. The predicted octanol–water partition coefficient (Wildman–Crippen LogP) is 2.19. The highest BCUT2D eigenvalue weighted by atomic mass is 16.5. The zero-order valence-corrected chi connectivity index (χ0v) is 11.6. The van der Waals surface area contributed by atoms with E-state index >= 15 is 0 Å². The largest absolute Gasteiger partial charge is 0.396 e. The van der Waals surface area contributed by atoms with Crippen molar-refractivity contribution >= 4 is 0 Å². The molecule has 0 bridgehead atoms. The van der Waals surface area contributed by atoms with Crippen LogP contribution in [-0.2, 0) is 4.74 Å². The maximum absolute atomic E-state index is 8.80. The van der Waals surface area contributed by atoms with Gasteiger partial charge in [0.25, 0.3) is 0 Å². The van der Waals surface area contributed by atoms with E-state index < -0.39 is 0 Å². The molecule has 0 aliphatic rings. The zero-order chi connectivity index (χ0) is 12.7. The van der Waals surface area contributed by atoms with E-state index in [-0.39, 0.29) is 11.0 Å². The van der Waals surface area contributed by atoms with Crippen LogP contribution in [0.3, 0.4) is 0 Å². The van der Waals surface area contributed by atoms with Crippen LogP contribution in [0.15, 0.2) is 0 Å². The summed E-state index contributed by atoms with van der Waals surface area (Å²) in [5.41, 5.74) is 0.224. The topological polar surface area (TPSA) is 41.5 Å². The molecule has 0 fully saturated rings. The van der Waals surface area contributed by atoms with Gasteiger partial charge in [-0.1, -0.05) is 13.8 Å². The third-order valence-corrected chi connectivity index (χ3v) is 3.07. The van der Waals surface area contributed by atoms with Crippen molar-refractivity contribution in [2.75, 3.05) is 26.8 Å². The number of methoxy groups -OCH3 is 1. The van der Waals surface area contributed by atoms with Crippen molar-refractivity contribution in [2.45, 2.75) is 52.6 Å². The molecule has 3 heteroatoms. The average Bonchev–Trinajstić information content (AvgIpc) is 2.22. The maximum Gasteiger partial charge on any atom is 0.0634 e. The standard InChI is InChI=1S/C13H29NO2/c1-12(2,7-6-10-15)11-14-9-8-13(3,4)16-5/h14-15H,6-11H2,1-5H3. The Balaban J connectivity index is 3.64. The predicted molar refractivity (Wildman–Crippen MR) is 68.7 cm³/mol. The Morgan fingerprint density at radius 2 is 1.75 bits per heavy atom. The van der Waals surface area contributed by atoms with Gasteiger partial charge in [0.2, 0.25) is 0 Å². The molecule has 0 atom stereocenters. The number of aliphatic hydroxyl groups excluding tert-OH is 1. The van der Waals surface area contributed by atoms with Crippen molar-refractivity contribution in [3.63, 3.8) is 0 Å². The van der Waals surface area contributed by atoms with Gasteiger partial charge < -0.3 is 15.2 Å². The minimum Gasteiger partial charge on any atom is -0.396 e. The zero-order valence-electron chi connectivity index (χ0n) is 11.6. The van der Waals surface area contributed by atoms with Crippen LogP contribution in [0.4, 0.5) is 0 Å². The quantitative estimate of drug-likeness (QED) is 0.598. The molecule has 0 saturated carbocycles. The molecule has 0 aromatic rings. The smallest absolute Gasteiger partial charge is 0.0634 e. The number of rotatable bonds is 9. The molecular weight excluding hydrogens is 202 g/mol. The third-order valence-electron chi connectivity index (χ3n) is 3.07.